The van der Waals surface area contributed by atoms with Crippen LogP contribution in [0.2, 0.25) is 10.3 Å². The summed E-state index contributed by atoms with van der Waals surface area (Å²) < 4.78 is 62.2. The third-order valence-corrected chi connectivity index (χ3v) is 9.03. The molecule has 39 heavy (non-hydrogen) atoms. The minimum absolute atomic E-state index is 0.0159. The van der Waals surface area contributed by atoms with E-state index in [4.69, 9.17) is 27.9 Å². The molecule has 208 valence electrons. The van der Waals surface area contributed by atoms with Gasteiger partial charge in [-0.3, -0.25) is 4.79 Å². The zero-order valence-electron chi connectivity index (χ0n) is 20.6. The van der Waals surface area contributed by atoms with Gasteiger partial charge in [0, 0.05) is 37.8 Å². The van der Waals surface area contributed by atoms with Crippen LogP contribution in [0.1, 0.15) is 31.2 Å². The van der Waals surface area contributed by atoms with E-state index < -0.39 is 27.2 Å². The molecule has 0 amide bonds. The molecule has 5 rings (SSSR count). The Hall–Kier alpha value is -2.87. The summed E-state index contributed by atoms with van der Waals surface area (Å²) in [5.41, 5.74) is -0.0880. The highest BCUT2D eigenvalue weighted by atomic mass is 35.5. The molecule has 0 radical (unpaired) electrons. The van der Waals surface area contributed by atoms with Crippen LogP contribution in [0.5, 0.6) is 5.75 Å². The fourth-order valence-corrected chi connectivity index (χ4v) is 6.69. The van der Waals surface area contributed by atoms with Gasteiger partial charge in [-0.1, -0.05) is 23.2 Å². The molecule has 0 spiro atoms. The Balaban J connectivity index is 1.39. The largest absolute Gasteiger partial charge is 0.483 e. The van der Waals surface area contributed by atoms with Crippen LogP contribution in [0.15, 0.2) is 35.3 Å². The molecular formula is C24H24Cl2F2N6O4S. The van der Waals surface area contributed by atoms with Crippen LogP contribution in [0.3, 0.4) is 0 Å². The zero-order chi connectivity index (χ0) is 27.7. The van der Waals surface area contributed by atoms with Crippen molar-refractivity contribution >= 4 is 38.9 Å². The summed E-state index contributed by atoms with van der Waals surface area (Å²) in [6.07, 6.45) is 4.71. The van der Waals surface area contributed by atoms with E-state index in [0.717, 1.165) is 42.5 Å². The Morgan fingerprint density at radius 1 is 0.974 bits per heavy atom. The van der Waals surface area contributed by atoms with Crippen molar-refractivity contribution in [3.63, 3.8) is 0 Å². The Morgan fingerprint density at radius 3 is 2.31 bits per heavy atom. The first-order valence-electron chi connectivity index (χ1n) is 12.3. The highest BCUT2D eigenvalue weighted by Gasteiger charge is 2.31. The number of nitrogens with zero attached hydrogens (tertiary/aromatic N) is 6. The smallest absolute Gasteiger partial charge is 0.316 e. The van der Waals surface area contributed by atoms with Crippen LogP contribution in [0, 0.1) is 11.6 Å². The first-order valence-corrected chi connectivity index (χ1v) is 14.6. The number of piperazine rings is 1. The summed E-state index contributed by atoms with van der Waals surface area (Å²) >= 11 is 11.8. The number of halogens is 4. The molecular weight excluding hydrogens is 577 g/mol. The normalized spacial score (nSPS) is 17.1. The van der Waals surface area contributed by atoms with Gasteiger partial charge in [0.05, 0.1) is 23.7 Å². The van der Waals surface area contributed by atoms with E-state index >= 15 is 0 Å². The quantitative estimate of drug-likeness (QED) is 0.405. The average Bonchev–Trinajstić information content (AvgIpc) is 3.40. The summed E-state index contributed by atoms with van der Waals surface area (Å²) in [5, 5.41) is 11.4. The van der Waals surface area contributed by atoms with Crippen LogP contribution in [0.4, 0.5) is 14.5 Å². The van der Waals surface area contributed by atoms with Gasteiger partial charge < -0.3 is 9.64 Å². The summed E-state index contributed by atoms with van der Waals surface area (Å²) in [6, 6.07) is 4.10. The van der Waals surface area contributed by atoms with Gasteiger partial charge in [-0.25, -0.2) is 17.2 Å². The number of sulfonamides is 1. The van der Waals surface area contributed by atoms with Crippen LogP contribution in [-0.2, 0) is 15.8 Å². The lowest BCUT2D eigenvalue weighted by Gasteiger charge is -2.36. The molecule has 3 heterocycles. The number of aromatic nitrogens is 4. The maximum absolute atomic E-state index is 13.9. The molecule has 1 aliphatic carbocycles. The maximum Gasteiger partial charge on any atom is 0.316 e. The SMILES string of the molecule is O=c1c(OC2CCCC2)c(N2CCN(S(=O)(=O)Cc3cc(Cl)nnc3Cl)CC2)cnn1-c1cc(F)cc(F)c1. The van der Waals surface area contributed by atoms with E-state index in [9.17, 15) is 22.0 Å². The lowest BCUT2D eigenvalue weighted by atomic mass is 10.2. The van der Waals surface area contributed by atoms with Crippen molar-refractivity contribution in [2.75, 3.05) is 31.1 Å². The molecule has 1 saturated carbocycles. The average molecular weight is 601 g/mol. The molecule has 0 bridgehead atoms. The Kier molecular flexibility index (Phi) is 8.04. The zero-order valence-corrected chi connectivity index (χ0v) is 22.9. The van der Waals surface area contributed by atoms with Gasteiger partial charge in [0.25, 0.3) is 0 Å². The lowest BCUT2D eigenvalue weighted by molar-refractivity contribution is 0.205. The minimum Gasteiger partial charge on any atom is -0.483 e. The van der Waals surface area contributed by atoms with E-state index in [0.29, 0.717) is 11.8 Å². The summed E-state index contributed by atoms with van der Waals surface area (Å²) in [4.78, 5) is 15.3. The summed E-state index contributed by atoms with van der Waals surface area (Å²) in [6.45, 7) is 0.770. The van der Waals surface area contributed by atoms with Crippen molar-refractivity contribution in [2.45, 2.75) is 37.5 Å². The standard InChI is InChI=1S/C24H24Cl2F2N6O4S/c25-21-9-15(23(26)31-30-21)14-39(36,37)33-7-5-32(6-8-33)20-13-29-34(18-11-16(27)10-17(28)12-18)24(35)22(20)38-19-3-1-2-4-19/h9-13,19H,1-8,14H2. The number of ether oxygens (including phenoxy) is 1. The summed E-state index contributed by atoms with van der Waals surface area (Å²) in [5.74, 6) is -2.06. The highest BCUT2D eigenvalue weighted by Crippen LogP contribution is 2.31. The van der Waals surface area contributed by atoms with Crippen LogP contribution >= 0.6 is 23.2 Å². The molecule has 0 atom stereocenters. The van der Waals surface area contributed by atoms with Gasteiger partial charge in [0.15, 0.2) is 10.3 Å². The van der Waals surface area contributed by atoms with E-state index in [-0.39, 0.29) is 65.3 Å². The van der Waals surface area contributed by atoms with E-state index in [2.05, 4.69) is 15.3 Å². The molecule has 3 aromatic rings. The number of rotatable bonds is 7. The molecule has 1 aliphatic heterocycles. The van der Waals surface area contributed by atoms with Gasteiger partial charge >= 0.3 is 5.56 Å². The number of hydrogen-bond acceptors (Lipinski definition) is 8. The third-order valence-electron chi connectivity index (χ3n) is 6.70. The van der Waals surface area contributed by atoms with Crippen LogP contribution in [0.25, 0.3) is 5.69 Å². The second kappa shape index (κ2) is 11.3. The molecule has 2 fully saturated rings. The van der Waals surface area contributed by atoms with Crippen LogP contribution in [-0.4, -0.2) is 65.0 Å². The molecule has 1 aromatic carbocycles. The fourth-order valence-electron chi connectivity index (χ4n) is 4.77. The van der Waals surface area contributed by atoms with Gasteiger partial charge in [0.1, 0.15) is 17.3 Å². The predicted molar refractivity (Wildman–Crippen MR) is 141 cm³/mol. The van der Waals surface area contributed by atoms with Gasteiger partial charge in [-0.05, 0) is 43.9 Å². The van der Waals surface area contributed by atoms with Crippen molar-refractivity contribution < 1.29 is 21.9 Å². The Bertz CT molecular complexity index is 1520. The molecule has 15 heteroatoms. The third kappa shape index (κ3) is 6.16. The molecule has 2 aromatic heterocycles. The van der Waals surface area contributed by atoms with Gasteiger partial charge in [-0.15, -0.1) is 10.2 Å². The van der Waals surface area contributed by atoms with E-state index in [1.807, 2.05) is 4.90 Å². The number of hydrogen-bond donors (Lipinski definition) is 0. The van der Waals surface area contributed by atoms with E-state index in [1.165, 1.54) is 16.6 Å². The molecule has 0 unspecified atom stereocenters. The van der Waals surface area contributed by atoms with Crippen molar-refractivity contribution in [3.05, 3.63) is 68.3 Å². The fraction of sp³-hybridized carbons (Fsp3) is 0.417. The predicted octanol–water partition coefficient (Wildman–Crippen LogP) is 3.58. The number of anilines is 1. The molecule has 1 saturated heterocycles. The monoisotopic (exact) mass is 600 g/mol. The van der Waals surface area contributed by atoms with Crippen molar-refractivity contribution in [1.82, 2.24) is 24.3 Å². The Morgan fingerprint density at radius 2 is 1.64 bits per heavy atom. The Labute approximate surface area is 233 Å². The lowest BCUT2D eigenvalue weighted by Crippen LogP contribution is -2.49. The van der Waals surface area contributed by atoms with E-state index in [1.54, 1.807) is 0 Å². The van der Waals surface area contributed by atoms with Crippen molar-refractivity contribution in [2.24, 2.45) is 0 Å². The molecule has 2 aliphatic rings. The maximum atomic E-state index is 13.9. The second-order valence-electron chi connectivity index (χ2n) is 9.35. The molecule has 0 N–H and O–H groups in total. The number of benzene rings is 1. The minimum atomic E-state index is -3.76. The van der Waals surface area contributed by atoms with Crippen molar-refractivity contribution in [3.8, 4) is 11.4 Å². The first kappa shape index (κ1) is 27.7. The second-order valence-corrected chi connectivity index (χ2v) is 12.1. The van der Waals surface area contributed by atoms with Gasteiger partial charge in [0.2, 0.25) is 15.8 Å². The van der Waals surface area contributed by atoms with Crippen LogP contribution < -0.4 is 15.2 Å². The summed E-state index contributed by atoms with van der Waals surface area (Å²) in [7, 11) is -3.76. The van der Waals surface area contributed by atoms with Crippen molar-refractivity contribution in [1.29, 1.82) is 0 Å². The van der Waals surface area contributed by atoms with Gasteiger partial charge in [-0.2, -0.15) is 14.1 Å². The topological polar surface area (TPSA) is 111 Å². The molecule has 10 nitrogen and oxygen atoms in total. The first-order chi connectivity index (χ1) is 18.6. The highest BCUT2D eigenvalue weighted by molar-refractivity contribution is 7.88.